The van der Waals surface area contributed by atoms with Gasteiger partial charge in [-0.05, 0) is 12.1 Å². The first-order valence-electron chi connectivity index (χ1n) is 6.90. The van der Waals surface area contributed by atoms with Crippen LogP contribution in [-0.2, 0) is 0 Å². The lowest BCUT2D eigenvalue weighted by Crippen LogP contribution is -2.23. The summed E-state index contributed by atoms with van der Waals surface area (Å²) in [6.45, 7) is -1.57. The van der Waals surface area contributed by atoms with Gasteiger partial charge in [0.25, 0.3) is 0 Å². The minimum absolute atomic E-state index is 0.00202. The molecule has 0 bridgehead atoms. The summed E-state index contributed by atoms with van der Waals surface area (Å²) in [7, 11) is 3.13. The lowest BCUT2D eigenvalue weighted by molar-refractivity contribution is -0.154. The zero-order chi connectivity index (χ0) is 18.4. The van der Waals surface area contributed by atoms with E-state index >= 15 is 0 Å². The number of rotatable bonds is 5. The summed E-state index contributed by atoms with van der Waals surface area (Å²) < 4.78 is 46.3. The lowest BCUT2D eigenvalue weighted by atomic mass is 10.3. The van der Waals surface area contributed by atoms with E-state index in [1.54, 1.807) is 44.4 Å². The van der Waals surface area contributed by atoms with Crippen molar-refractivity contribution in [2.24, 2.45) is 0 Å². The van der Waals surface area contributed by atoms with E-state index in [9.17, 15) is 18.0 Å². The number of hydrogen-bond acceptors (Lipinski definition) is 7. The Hall–Kier alpha value is -3.11. The number of halogens is 3. The number of aromatic nitrogens is 3. The third-order valence-electron chi connectivity index (χ3n) is 2.54. The number of para-hydroxylation sites is 1. The molecule has 0 aliphatic carbocycles. The molecule has 1 amide bonds. The normalized spacial score (nSPS) is 10.9. The molecule has 1 aromatic carbocycles. The van der Waals surface area contributed by atoms with Crippen LogP contribution in [0.5, 0.6) is 11.8 Å². The number of carbonyl (C=O) groups excluding carboxylic acids is 1. The third kappa shape index (κ3) is 6.12. The van der Waals surface area contributed by atoms with Gasteiger partial charge in [0.1, 0.15) is 5.75 Å². The summed E-state index contributed by atoms with van der Waals surface area (Å²) in [6, 6.07) is 7.60. The summed E-state index contributed by atoms with van der Waals surface area (Å²) in [5.74, 6) is -0.0329. The maximum absolute atomic E-state index is 12.3. The van der Waals surface area contributed by atoms with Gasteiger partial charge in [0.2, 0.25) is 11.9 Å². The Morgan fingerprint density at radius 2 is 1.84 bits per heavy atom. The number of carbonyl (C=O) groups is 1. The van der Waals surface area contributed by atoms with Crippen LogP contribution in [0.15, 0.2) is 30.3 Å². The van der Waals surface area contributed by atoms with E-state index in [1.807, 2.05) is 0 Å². The maximum atomic E-state index is 12.3. The molecule has 0 saturated heterocycles. The second-order valence-corrected chi connectivity index (χ2v) is 4.87. The largest absolute Gasteiger partial charge is 0.454 e. The molecule has 2 aromatic rings. The van der Waals surface area contributed by atoms with Gasteiger partial charge in [0.05, 0.1) is 0 Å². The van der Waals surface area contributed by atoms with E-state index in [0.29, 0.717) is 0 Å². The van der Waals surface area contributed by atoms with Crippen LogP contribution in [0.25, 0.3) is 0 Å². The predicted octanol–water partition coefficient (Wildman–Crippen LogP) is 2.49. The van der Waals surface area contributed by atoms with Gasteiger partial charge in [-0.1, -0.05) is 18.2 Å². The van der Waals surface area contributed by atoms with Crippen molar-refractivity contribution in [1.82, 2.24) is 15.0 Å². The van der Waals surface area contributed by atoms with Crippen molar-refractivity contribution in [3.05, 3.63) is 30.3 Å². The van der Waals surface area contributed by atoms with Crippen LogP contribution in [-0.4, -0.2) is 47.9 Å². The van der Waals surface area contributed by atoms with Gasteiger partial charge in [-0.3, -0.25) is 5.32 Å². The molecule has 0 aliphatic rings. The van der Waals surface area contributed by atoms with Gasteiger partial charge in [-0.15, -0.1) is 0 Å². The highest BCUT2D eigenvalue weighted by atomic mass is 19.4. The van der Waals surface area contributed by atoms with Crippen molar-refractivity contribution in [3.63, 3.8) is 0 Å². The second-order valence-electron chi connectivity index (χ2n) is 4.87. The Balaban J connectivity index is 2.12. The number of nitrogens with one attached hydrogen (secondary N) is 1. The molecule has 0 aliphatic heterocycles. The fraction of sp³-hybridized carbons (Fsp3) is 0.286. The second kappa shape index (κ2) is 7.64. The first kappa shape index (κ1) is 18.2. The summed E-state index contributed by atoms with van der Waals surface area (Å²) >= 11 is 0. The Labute approximate surface area is 140 Å². The molecule has 0 atom stereocenters. The van der Waals surface area contributed by atoms with Gasteiger partial charge < -0.3 is 14.4 Å². The molecule has 1 aromatic heterocycles. The number of hydrogen-bond donors (Lipinski definition) is 1. The number of anilines is 2. The highest BCUT2D eigenvalue weighted by molar-refractivity contribution is 5.84. The summed E-state index contributed by atoms with van der Waals surface area (Å²) in [5, 5.41) is 2.21. The highest BCUT2D eigenvalue weighted by Gasteiger charge is 2.29. The van der Waals surface area contributed by atoms with Gasteiger partial charge in [0.15, 0.2) is 6.61 Å². The molecule has 1 N–H and O–H groups in total. The van der Waals surface area contributed by atoms with Crippen molar-refractivity contribution in [1.29, 1.82) is 0 Å². The first-order chi connectivity index (χ1) is 11.7. The van der Waals surface area contributed by atoms with Crippen LogP contribution in [0, 0.1) is 0 Å². The van der Waals surface area contributed by atoms with E-state index in [1.165, 1.54) is 4.90 Å². The van der Waals surface area contributed by atoms with Gasteiger partial charge in [-0.25, -0.2) is 4.79 Å². The van der Waals surface area contributed by atoms with Gasteiger partial charge >= 0.3 is 18.3 Å². The quantitative estimate of drug-likeness (QED) is 0.879. The highest BCUT2D eigenvalue weighted by Crippen LogP contribution is 2.18. The summed E-state index contributed by atoms with van der Waals surface area (Å²) in [4.78, 5) is 24.5. The fourth-order valence-electron chi connectivity index (χ4n) is 1.53. The van der Waals surface area contributed by atoms with E-state index in [4.69, 9.17) is 4.74 Å². The van der Waals surface area contributed by atoms with Crippen LogP contribution in [0.1, 0.15) is 0 Å². The Kier molecular flexibility index (Phi) is 5.57. The van der Waals surface area contributed by atoms with E-state index in [0.717, 1.165) is 0 Å². The Morgan fingerprint density at radius 1 is 1.16 bits per heavy atom. The average molecular weight is 357 g/mol. The van der Waals surface area contributed by atoms with Crippen molar-refractivity contribution in [2.45, 2.75) is 6.18 Å². The average Bonchev–Trinajstić information content (AvgIpc) is 2.53. The number of amides is 1. The molecule has 1 heterocycles. The molecular weight excluding hydrogens is 343 g/mol. The minimum atomic E-state index is -4.55. The zero-order valence-corrected chi connectivity index (χ0v) is 13.2. The Morgan fingerprint density at radius 3 is 2.44 bits per heavy atom. The van der Waals surface area contributed by atoms with Crippen molar-refractivity contribution < 1.29 is 27.4 Å². The molecule has 0 spiro atoms. The van der Waals surface area contributed by atoms with E-state index < -0.39 is 24.9 Å². The molecule has 0 unspecified atom stereocenters. The lowest BCUT2D eigenvalue weighted by Gasteiger charge is -2.14. The van der Waals surface area contributed by atoms with Crippen LogP contribution in [0.2, 0.25) is 0 Å². The monoisotopic (exact) mass is 357 g/mol. The number of alkyl halides is 3. The molecular formula is C14H14F3N5O3. The summed E-state index contributed by atoms with van der Waals surface area (Å²) in [5.41, 5.74) is 0. The Bertz CT molecular complexity index is 725. The first-order valence-corrected chi connectivity index (χ1v) is 6.90. The van der Waals surface area contributed by atoms with Gasteiger partial charge in [0, 0.05) is 14.1 Å². The van der Waals surface area contributed by atoms with Gasteiger partial charge in [-0.2, -0.15) is 28.1 Å². The standard InChI is InChI=1S/C14H14F3N5O3/c1-22(2)11-18-10(19-12(21-11)24-8-14(15,16)17)20-13(23)25-9-6-4-3-5-7-9/h3-7H,8H2,1-2H3,(H,18,19,20,21,23). The van der Waals surface area contributed by atoms with Crippen LogP contribution in [0.3, 0.4) is 0 Å². The number of nitrogens with zero attached hydrogens (tertiary/aromatic N) is 4. The van der Waals surface area contributed by atoms with Crippen LogP contribution >= 0.6 is 0 Å². The molecule has 25 heavy (non-hydrogen) atoms. The zero-order valence-electron chi connectivity index (χ0n) is 13.2. The van der Waals surface area contributed by atoms with E-state index in [2.05, 4.69) is 25.0 Å². The van der Waals surface area contributed by atoms with Crippen molar-refractivity contribution >= 4 is 18.0 Å². The van der Waals surface area contributed by atoms with Crippen molar-refractivity contribution in [2.75, 3.05) is 30.9 Å². The molecule has 8 nitrogen and oxygen atoms in total. The third-order valence-corrected chi connectivity index (χ3v) is 2.54. The number of benzene rings is 1. The van der Waals surface area contributed by atoms with Crippen LogP contribution < -0.4 is 19.7 Å². The van der Waals surface area contributed by atoms with E-state index in [-0.39, 0.29) is 17.6 Å². The molecule has 0 saturated carbocycles. The molecule has 0 radical (unpaired) electrons. The molecule has 2 rings (SSSR count). The van der Waals surface area contributed by atoms with Crippen molar-refractivity contribution in [3.8, 4) is 11.8 Å². The minimum Gasteiger partial charge on any atom is -0.454 e. The SMILES string of the molecule is CN(C)c1nc(NC(=O)Oc2ccccc2)nc(OCC(F)(F)F)n1. The fourth-order valence-corrected chi connectivity index (χ4v) is 1.53. The molecule has 0 fully saturated rings. The molecule has 134 valence electrons. The predicted molar refractivity (Wildman–Crippen MR) is 81.8 cm³/mol. The maximum Gasteiger partial charge on any atom is 0.422 e. The topological polar surface area (TPSA) is 89.5 Å². The smallest absolute Gasteiger partial charge is 0.422 e. The molecule has 11 heteroatoms. The summed E-state index contributed by atoms with van der Waals surface area (Å²) in [6.07, 6.45) is -5.46. The van der Waals surface area contributed by atoms with Crippen LogP contribution in [0.4, 0.5) is 29.9 Å². The number of ether oxygens (including phenoxy) is 2.